The Balaban J connectivity index is -0.0000000445. The van der Waals surface area contributed by atoms with E-state index >= 15 is 0 Å². The number of hydrogen-bond acceptors (Lipinski definition) is 5. The van der Waals surface area contributed by atoms with Crippen molar-refractivity contribution in [1.82, 2.24) is 5.32 Å². The number of rotatable bonds is 0. The van der Waals surface area contributed by atoms with Gasteiger partial charge in [-0.3, -0.25) is 0 Å². The van der Waals surface area contributed by atoms with E-state index in [4.69, 9.17) is 21.6 Å². The first-order valence-corrected chi connectivity index (χ1v) is 3.62. The van der Waals surface area contributed by atoms with Crippen LogP contribution in [0.4, 0.5) is 0 Å². The molecule has 1 aliphatic rings. The summed E-state index contributed by atoms with van der Waals surface area (Å²) in [5.41, 5.74) is 0. The van der Waals surface area contributed by atoms with Crippen molar-refractivity contribution in [1.29, 1.82) is 21.6 Å². The van der Waals surface area contributed by atoms with Crippen LogP contribution in [0.5, 0.6) is 0 Å². The van der Waals surface area contributed by atoms with Crippen molar-refractivity contribution >= 4 is 26.9 Å². The largest absolute Gasteiger partial charge is 0.317 e. The molecule has 0 spiro atoms. The summed E-state index contributed by atoms with van der Waals surface area (Å²) in [4.78, 5) is 0. The van der Waals surface area contributed by atoms with Crippen LogP contribution in [0.15, 0.2) is 0 Å². The molecule has 1 saturated heterocycles. The van der Waals surface area contributed by atoms with E-state index in [0.29, 0.717) is 0 Å². The first-order valence-electron chi connectivity index (χ1n) is 3.62. The van der Waals surface area contributed by atoms with Gasteiger partial charge in [-0.2, -0.15) is 0 Å². The van der Waals surface area contributed by atoms with Crippen LogP contribution in [-0.2, 0) is 0 Å². The minimum Gasteiger partial charge on any atom is -0.317 e. The molecule has 78 valence electrons. The fourth-order valence-corrected chi connectivity index (χ4v) is 0.625. The molecule has 0 bridgehead atoms. The average Bonchev–Trinajstić information content (AvgIpc) is 2.87. The second-order valence-electron chi connectivity index (χ2n) is 1.46. The van der Waals surface area contributed by atoms with E-state index in [1.807, 2.05) is 0 Å². The SMILES string of the molecule is C1CCNC1.C=N.C=N.C=N.C=N. The highest BCUT2D eigenvalue weighted by atomic mass is 14.9. The molecule has 0 amide bonds. The predicted octanol–water partition coefficient (Wildman–Crippen LogP) is 1.43. The van der Waals surface area contributed by atoms with Gasteiger partial charge in [-0.05, 0) is 52.8 Å². The number of hydrogen-bond donors (Lipinski definition) is 5. The van der Waals surface area contributed by atoms with Crippen LogP contribution in [-0.4, -0.2) is 40.0 Å². The van der Waals surface area contributed by atoms with E-state index in [-0.39, 0.29) is 0 Å². The van der Waals surface area contributed by atoms with Crippen molar-refractivity contribution in [2.24, 2.45) is 0 Å². The zero-order valence-electron chi connectivity index (χ0n) is 8.16. The summed E-state index contributed by atoms with van der Waals surface area (Å²) in [7, 11) is 0. The van der Waals surface area contributed by atoms with E-state index in [0.717, 1.165) is 0 Å². The van der Waals surface area contributed by atoms with Gasteiger partial charge in [0.1, 0.15) is 0 Å². The lowest BCUT2D eigenvalue weighted by Crippen LogP contribution is -2.03. The van der Waals surface area contributed by atoms with Gasteiger partial charge in [0.05, 0.1) is 0 Å². The fourth-order valence-electron chi connectivity index (χ4n) is 0.625. The third-order valence-electron chi connectivity index (χ3n) is 0.957. The van der Waals surface area contributed by atoms with E-state index in [1.165, 1.54) is 25.9 Å². The smallest absolute Gasteiger partial charge is 0.00484 e. The number of nitrogens with one attached hydrogen (secondary N) is 5. The maximum absolute atomic E-state index is 5.50. The Morgan fingerprint density at radius 1 is 0.615 bits per heavy atom. The molecule has 5 heteroatoms. The van der Waals surface area contributed by atoms with Crippen LogP contribution in [0.1, 0.15) is 12.8 Å². The van der Waals surface area contributed by atoms with Gasteiger partial charge in [0.25, 0.3) is 0 Å². The molecular formula is C8H21N5. The molecule has 5 nitrogen and oxygen atoms in total. The molecule has 0 aliphatic carbocycles. The molecule has 0 unspecified atom stereocenters. The third-order valence-corrected chi connectivity index (χ3v) is 0.957. The van der Waals surface area contributed by atoms with E-state index in [1.54, 1.807) is 0 Å². The zero-order chi connectivity index (χ0) is 11.5. The van der Waals surface area contributed by atoms with Crippen LogP contribution in [0, 0.1) is 21.6 Å². The van der Waals surface area contributed by atoms with Crippen LogP contribution < -0.4 is 5.32 Å². The Hall–Kier alpha value is -1.36. The molecular weight excluding hydrogens is 166 g/mol. The normalized spacial score (nSPS) is 10.5. The van der Waals surface area contributed by atoms with Crippen molar-refractivity contribution < 1.29 is 0 Å². The molecule has 0 aromatic carbocycles. The first-order chi connectivity index (χ1) is 6.50. The Labute approximate surface area is 80.6 Å². The van der Waals surface area contributed by atoms with Crippen molar-refractivity contribution in [2.45, 2.75) is 12.8 Å². The second-order valence-corrected chi connectivity index (χ2v) is 1.46. The van der Waals surface area contributed by atoms with Gasteiger partial charge >= 0.3 is 0 Å². The first kappa shape index (κ1) is 22.6. The van der Waals surface area contributed by atoms with Crippen molar-refractivity contribution in [3.63, 3.8) is 0 Å². The lowest BCUT2D eigenvalue weighted by molar-refractivity contribution is 0.857. The highest BCUT2D eigenvalue weighted by Crippen LogP contribution is 1.90. The van der Waals surface area contributed by atoms with Gasteiger partial charge < -0.3 is 27.0 Å². The van der Waals surface area contributed by atoms with Gasteiger partial charge in [0, 0.05) is 0 Å². The lowest BCUT2D eigenvalue weighted by Gasteiger charge is -1.76. The Morgan fingerprint density at radius 3 is 0.923 bits per heavy atom. The van der Waals surface area contributed by atoms with Gasteiger partial charge in [-0.25, -0.2) is 0 Å². The summed E-state index contributed by atoms with van der Waals surface area (Å²) in [6.07, 6.45) is 2.78. The maximum Gasteiger partial charge on any atom is -0.00484 e. The molecule has 0 aromatic rings. The third kappa shape index (κ3) is 59.9. The molecule has 5 N–H and O–H groups in total. The summed E-state index contributed by atoms with van der Waals surface area (Å²) in [5.74, 6) is 0. The summed E-state index contributed by atoms with van der Waals surface area (Å²) in [6.45, 7) is 12.5. The molecule has 1 fully saturated rings. The van der Waals surface area contributed by atoms with Gasteiger partial charge in [0.15, 0.2) is 0 Å². The van der Waals surface area contributed by atoms with Gasteiger partial charge in [-0.1, -0.05) is 0 Å². The lowest BCUT2D eigenvalue weighted by atomic mass is 10.4. The Kier molecular flexibility index (Phi) is 130. The zero-order valence-corrected chi connectivity index (χ0v) is 8.16. The topological polar surface area (TPSA) is 107 Å². The van der Waals surface area contributed by atoms with Gasteiger partial charge in [-0.15, -0.1) is 0 Å². The van der Waals surface area contributed by atoms with Crippen molar-refractivity contribution in [2.75, 3.05) is 13.1 Å². The minimum absolute atomic E-state index is 1.25. The summed E-state index contributed by atoms with van der Waals surface area (Å²) in [6, 6.07) is 0. The molecule has 0 saturated carbocycles. The molecule has 1 rings (SSSR count). The molecule has 1 heterocycles. The van der Waals surface area contributed by atoms with Crippen LogP contribution in [0.25, 0.3) is 0 Å². The standard InChI is InChI=1S/C4H9N.4CH3N/c1-2-4-5-3-1;4*1-2/h5H,1-4H2;4*2H,1H2. The molecule has 0 aromatic heterocycles. The minimum atomic E-state index is 1.25. The summed E-state index contributed by atoms with van der Waals surface area (Å²) >= 11 is 0. The maximum atomic E-state index is 5.50. The van der Waals surface area contributed by atoms with Crippen LogP contribution in [0.3, 0.4) is 0 Å². The molecule has 0 radical (unpaired) electrons. The monoisotopic (exact) mass is 187 g/mol. The summed E-state index contributed by atoms with van der Waals surface area (Å²) < 4.78 is 0. The Bertz CT molecular complexity index is 49.9. The van der Waals surface area contributed by atoms with Crippen molar-refractivity contribution in [3.05, 3.63) is 0 Å². The van der Waals surface area contributed by atoms with Crippen LogP contribution in [0.2, 0.25) is 0 Å². The molecule has 13 heavy (non-hydrogen) atoms. The highest BCUT2D eigenvalue weighted by molar-refractivity contribution is 5.16. The van der Waals surface area contributed by atoms with Gasteiger partial charge in [0.2, 0.25) is 0 Å². The highest BCUT2D eigenvalue weighted by Gasteiger charge is 1.93. The fraction of sp³-hybridized carbons (Fsp3) is 0.500. The second kappa shape index (κ2) is 74.6. The van der Waals surface area contributed by atoms with Crippen LogP contribution >= 0.6 is 0 Å². The summed E-state index contributed by atoms with van der Waals surface area (Å²) in [5, 5.41) is 25.2. The Morgan fingerprint density at radius 2 is 0.846 bits per heavy atom. The quantitative estimate of drug-likeness (QED) is 0.363. The van der Waals surface area contributed by atoms with Crippen molar-refractivity contribution in [3.8, 4) is 0 Å². The van der Waals surface area contributed by atoms with E-state index in [2.05, 4.69) is 32.2 Å². The predicted molar refractivity (Wildman–Crippen MR) is 61.5 cm³/mol. The van der Waals surface area contributed by atoms with E-state index in [9.17, 15) is 0 Å². The molecule has 1 aliphatic heterocycles. The molecule has 0 atom stereocenters. The van der Waals surface area contributed by atoms with E-state index < -0.39 is 0 Å². The average molecular weight is 187 g/mol.